The highest BCUT2D eigenvalue weighted by atomic mass is 32.1. The van der Waals surface area contributed by atoms with E-state index in [1.807, 2.05) is 13.8 Å². The van der Waals surface area contributed by atoms with Gasteiger partial charge in [0, 0.05) is 4.75 Å². The molecule has 0 aromatic carbocycles. The number of carbonyl (C=O) groups is 1. The Kier molecular flexibility index (Phi) is 4.06. The van der Waals surface area contributed by atoms with Crippen LogP contribution in [0.1, 0.15) is 27.2 Å². The van der Waals surface area contributed by atoms with Crippen molar-refractivity contribution in [3.05, 3.63) is 0 Å². The van der Waals surface area contributed by atoms with Gasteiger partial charge in [0.2, 0.25) is 0 Å². The third kappa shape index (κ3) is 2.38. The zero-order chi connectivity index (χ0) is 9.94. The quantitative estimate of drug-likeness (QED) is 0.584. The van der Waals surface area contributed by atoms with E-state index in [1.54, 1.807) is 6.92 Å². The predicted molar refractivity (Wildman–Crippen MR) is 52.5 cm³/mol. The Bertz CT molecular complexity index is 170. The molecule has 0 aliphatic rings. The van der Waals surface area contributed by atoms with Crippen molar-refractivity contribution >= 4 is 18.6 Å². The molecule has 0 spiro atoms. The van der Waals surface area contributed by atoms with Crippen molar-refractivity contribution in [3.8, 4) is 0 Å². The number of thiol groups is 1. The van der Waals surface area contributed by atoms with Gasteiger partial charge in [0.25, 0.3) is 0 Å². The number of hydrogen-bond donors (Lipinski definition) is 3. The van der Waals surface area contributed by atoms with Crippen molar-refractivity contribution in [2.45, 2.75) is 38.0 Å². The maximum atomic E-state index is 10.6. The SMILES string of the molecule is CCC(C)C(C)(S)C(N)C(=O)O. The molecule has 0 saturated heterocycles. The summed E-state index contributed by atoms with van der Waals surface area (Å²) in [5, 5.41) is 8.69. The lowest BCUT2D eigenvalue weighted by Crippen LogP contribution is -2.50. The maximum absolute atomic E-state index is 10.6. The van der Waals surface area contributed by atoms with Crippen LogP contribution in [0.2, 0.25) is 0 Å². The van der Waals surface area contributed by atoms with Gasteiger partial charge in [-0.2, -0.15) is 12.6 Å². The van der Waals surface area contributed by atoms with E-state index in [-0.39, 0.29) is 5.92 Å². The van der Waals surface area contributed by atoms with E-state index in [1.165, 1.54) is 0 Å². The Morgan fingerprint density at radius 1 is 1.75 bits per heavy atom. The van der Waals surface area contributed by atoms with Gasteiger partial charge in [-0.05, 0) is 12.8 Å². The summed E-state index contributed by atoms with van der Waals surface area (Å²) in [6, 6.07) is -0.907. The van der Waals surface area contributed by atoms with Crippen LogP contribution >= 0.6 is 12.6 Å². The molecule has 0 bridgehead atoms. The summed E-state index contributed by atoms with van der Waals surface area (Å²) in [4.78, 5) is 10.6. The fraction of sp³-hybridized carbons (Fsp3) is 0.875. The molecule has 3 nitrogen and oxygen atoms in total. The van der Waals surface area contributed by atoms with Gasteiger partial charge in [0.05, 0.1) is 0 Å². The number of carboxylic acid groups (broad SMARTS) is 1. The fourth-order valence-electron chi connectivity index (χ4n) is 0.970. The largest absolute Gasteiger partial charge is 0.480 e. The molecular weight excluding hydrogens is 174 g/mol. The molecular formula is C8H17NO2S. The van der Waals surface area contributed by atoms with Crippen LogP contribution in [0.4, 0.5) is 0 Å². The molecule has 0 amide bonds. The van der Waals surface area contributed by atoms with E-state index in [0.717, 1.165) is 6.42 Å². The Balaban J connectivity index is 4.48. The summed E-state index contributed by atoms with van der Waals surface area (Å²) in [6.07, 6.45) is 0.876. The van der Waals surface area contributed by atoms with E-state index >= 15 is 0 Å². The Morgan fingerprint density at radius 3 is 2.42 bits per heavy atom. The highest BCUT2D eigenvalue weighted by Crippen LogP contribution is 2.29. The number of nitrogens with two attached hydrogens (primary N) is 1. The highest BCUT2D eigenvalue weighted by Gasteiger charge is 2.37. The first-order valence-electron chi connectivity index (χ1n) is 4.04. The number of carboxylic acids is 1. The van der Waals surface area contributed by atoms with Gasteiger partial charge in [0.15, 0.2) is 0 Å². The monoisotopic (exact) mass is 191 g/mol. The van der Waals surface area contributed by atoms with Crippen LogP contribution in [0.25, 0.3) is 0 Å². The first-order chi connectivity index (χ1) is 5.34. The summed E-state index contributed by atoms with van der Waals surface area (Å²) >= 11 is 4.29. The van der Waals surface area contributed by atoms with Crippen molar-refractivity contribution in [1.82, 2.24) is 0 Å². The van der Waals surface area contributed by atoms with Crippen molar-refractivity contribution < 1.29 is 9.90 Å². The lowest BCUT2D eigenvalue weighted by atomic mass is 9.86. The molecule has 3 N–H and O–H groups in total. The Labute approximate surface area is 78.7 Å². The van der Waals surface area contributed by atoms with Gasteiger partial charge < -0.3 is 10.8 Å². The van der Waals surface area contributed by atoms with Gasteiger partial charge in [-0.1, -0.05) is 20.3 Å². The molecule has 4 heteroatoms. The minimum Gasteiger partial charge on any atom is -0.480 e. The molecule has 0 fully saturated rings. The van der Waals surface area contributed by atoms with E-state index in [4.69, 9.17) is 10.8 Å². The molecule has 12 heavy (non-hydrogen) atoms. The normalized spacial score (nSPS) is 21.1. The second-order valence-electron chi connectivity index (χ2n) is 3.35. The van der Waals surface area contributed by atoms with Gasteiger partial charge in [-0.3, -0.25) is 4.79 Å². The van der Waals surface area contributed by atoms with Gasteiger partial charge >= 0.3 is 5.97 Å². The predicted octanol–water partition coefficient (Wildman–Crippen LogP) is 1.13. The fourth-order valence-corrected chi connectivity index (χ4v) is 1.26. The van der Waals surface area contributed by atoms with Crippen molar-refractivity contribution in [3.63, 3.8) is 0 Å². The smallest absolute Gasteiger partial charge is 0.321 e. The standard InChI is InChI=1S/C8H17NO2S/c1-4-5(2)8(3,12)6(9)7(10)11/h5-6,12H,4,9H2,1-3H3,(H,10,11). The summed E-state index contributed by atoms with van der Waals surface area (Å²) < 4.78 is -0.638. The number of hydrogen-bond acceptors (Lipinski definition) is 3. The van der Waals surface area contributed by atoms with Gasteiger partial charge in [-0.25, -0.2) is 0 Å². The third-order valence-corrected chi connectivity index (χ3v) is 3.22. The molecule has 0 aromatic rings. The molecule has 0 rings (SSSR count). The molecule has 0 aromatic heterocycles. The number of aliphatic carboxylic acids is 1. The molecule has 0 radical (unpaired) electrons. The molecule has 72 valence electrons. The van der Waals surface area contributed by atoms with E-state index in [2.05, 4.69) is 12.6 Å². The minimum atomic E-state index is -0.993. The average molecular weight is 191 g/mol. The topological polar surface area (TPSA) is 63.3 Å². The molecule has 0 heterocycles. The second-order valence-corrected chi connectivity index (χ2v) is 4.31. The van der Waals surface area contributed by atoms with Crippen LogP contribution in [0, 0.1) is 5.92 Å². The van der Waals surface area contributed by atoms with Crippen molar-refractivity contribution in [1.29, 1.82) is 0 Å². The van der Waals surface area contributed by atoms with Gasteiger partial charge in [0.1, 0.15) is 6.04 Å². The van der Waals surface area contributed by atoms with Crippen LogP contribution in [0.5, 0.6) is 0 Å². The minimum absolute atomic E-state index is 0.187. The van der Waals surface area contributed by atoms with Crippen LogP contribution in [0.3, 0.4) is 0 Å². The van der Waals surface area contributed by atoms with Crippen molar-refractivity contribution in [2.24, 2.45) is 11.7 Å². The first-order valence-corrected chi connectivity index (χ1v) is 4.49. The van der Waals surface area contributed by atoms with Crippen LogP contribution in [-0.4, -0.2) is 21.9 Å². The zero-order valence-corrected chi connectivity index (χ0v) is 8.64. The second kappa shape index (κ2) is 4.14. The zero-order valence-electron chi connectivity index (χ0n) is 7.74. The number of rotatable bonds is 4. The Hall–Kier alpha value is -0.220. The van der Waals surface area contributed by atoms with E-state index < -0.39 is 16.8 Å². The van der Waals surface area contributed by atoms with E-state index in [0.29, 0.717) is 0 Å². The van der Waals surface area contributed by atoms with Crippen molar-refractivity contribution in [2.75, 3.05) is 0 Å². The van der Waals surface area contributed by atoms with Gasteiger partial charge in [-0.15, -0.1) is 0 Å². The average Bonchev–Trinajstić information content (AvgIpc) is 2.01. The van der Waals surface area contributed by atoms with Crippen LogP contribution in [-0.2, 0) is 4.79 Å². The summed E-state index contributed by atoms with van der Waals surface area (Å²) in [5.41, 5.74) is 5.49. The molecule has 3 atom stereocenters. The Morgan fingerprint density at radius 2 is 2.17 bits per heavy atom. The third-order valence-electron chi connectivity index (χ3n) is 2.51. The lowest BCUT2D eigenvalue weighted by Gasteiger charge is -2.33. The van der Waals surface area contributed by atoms with Crippen LogP contribution < -0.4 is 5.73 Å². The first kappa shape index (κ1) is 11.8. The van der Waals surface area contributed by atoms with E-state index in [9.17, 15) is 4.79 Å². The summed E-state index contributed by atoms with van der Waals surface area (Å²) in [7, 11) is 0. The molecule has 0 saturated carbocycles. The highest BCUT2D eigenvalue weighted by molar-refractivity contribution is 7.81. The summed E-state index contributed by atoms with van der Waals surface area (Å²) in [6.45, 7) is 5.71. The molecule has 0 aliphatic heterocycles. The molecule has 0 aliphatic carbocycles. The van der Waals surface area contributed by atoms with Crippen LogP contribution in [0.15, 0.2) is 0 Å². The lowest BCUT2D eigenvalue weighted by molar-refractivity contribution is -0.139. The molecule has 3 unspecified atom stereocenters. The maximum Gasteiger partial charge on any atom is 0.321 e. The summed E-state index contributed by atoms with van der Waals surface area (Å²) in [5.74, 6) is -0.806.